The number of carbonyl (C=O) groups excluding carboxylic acids is 2. The molecule has 2 aromatic rings. The number of fused-ring (bicyclic) bond motifs is 3. The minimum atomic E-state index is -0.850. The van der Waals surface area contributed by atoms with Gasteiger partial charge in [0.25, 0.3) is 0 Å². The quantitative estimate of drug-likeness (QED) is 0.455. The molecule has 1 saturated carbocycles. The first-order chi connectivity index (χ1) is 16.5. The summed E-state index contributed by atoms with van der Waals surface area (Å²) in [4.78, 5) is 35.0. The first-order valence-corrected chi connectivity index (χ1v) is 12.1. The molecule has 2 aromatic carbocycles. The highest BCUT2D eigenvalue weighted by molar-refractivity contribution is 5.79. The third-order valence-electron chi connectivity index (χ3n) is 6.89. The van der Waals surface area contributed by atoms with E-state index in [1.54, 1.807) is 0 Å². The molecule has 2 unspecified atom stereocenters. The summed E-state index contributed by atoms with van der Waals surface area (Å²) in [5, 5.41) is 14.3. The summed E-state index contributed by atoms with van der Waals surface area (Å²) < 4.78 is 5.61. The minimum Gasteiger partial charge on any atom is -0.481 e. The molecule has 0 bridgehead atoms. The molecule has 34 heavy (non-hydrogen) atoms. The zero-order chi connectivity index (χ0) is 23.9. The zero-order valence-corrected chi connectivity index (χ0v) is 19.3. The average Bonchev–Trinajstić information content (AvgIpc) is 3.41. The van der Waals surface area contributed by atoms with Crippen molar-refractivity contribution < 1.29 is 24.2 Å². The number of hydrogen-bond acceptors (Lipinski definition) is 4. The van der Waals surface area contributed by atoms with Crippen molar-refractivity contribution in [1.29, 1.82) is 0 Å². The highest BCUT2D eigenvalue weighted by Crippen LogP contribution is 2.44. The maximum atomic E-state index is 12.4. The number of carboxylic acids is 1. The molecule has 0 saturated heterocycles. The van der Waals surface area contributed by atoms with Crippen LogP contribution in [0.25, 0.3) is 11.1 Å². The number of carboxylic acid groups (broad SMARTS) is 1. The van der Waals surface area contributed by atoms with Crippen LogP contribution in [0.2, 0.25) is 0 Å². The molecule has 0 heterocycles. The number of nitrogens with one attached hydrogen (secondary N) is 2. The van der Waals surface area contributed by atoms with Gasteiger partial charge in [0.05, 0.1) is 0 Å². The lowest BCUT2D eigenvalue weighted by atomic mass is 9.98. The second kappa shape index (κ2) is 11.2. The highest BCUT2D eigenvalue weighted by Gasteiger charge is 2.30. The molecule has 1 fully saturated rings. The van der Waals surface area contributed by atoms with Gasteiger partial charge < -0.3 is 20.5 Å². The Morgan fingerprint density at radius 3 is 2.24 bits per heavy atom. The van der Waals surface area contributed by atoms with Gasteiger partial charge in [-0.25, -0.2) is 4.79 Å². The topological polar surface area (TPSA) is 105 Å². The molecule has 180 valence electrons. The largest absolute Gasteiger partial charge is 0.481 e. The normalized spacial score (nSPS) is 18.7. The number of hydrogen-bond donors (Lipinski definition) is 3. The first-order valence-electron chi connectivity index (χ1n) is 12.1. The van der Waals surface area contributed by atoms with E-state index in [9.17, 15) is 14.4 Å². The summed E-state index contributed by atoms with van der Waals surface area (Å²) in [6.07, 6.45) is 3.38. The van der Waals surface area contributed by atoms with E-state index in [2.05, 4.69) is 34.9 Å². The zero-order valence-electron chi connectivity index (χ0n) is 19.3. The summed E-state index contributed by atoms with van der Waals surface area (Å²) in [5.74, 6) is -0.195. The van der Waals surface area contributed by atoms with Crippen LogP contribution in [0.4, 0.5) is 4.79 Å². The lowest BCUT2D eigenvalue weighted by molar-refractivity contribution is -0.137. The van der Waals surface area contributed by atoms with E-state index in [1.807, 2.05) is 24.3 Å². The van der Waals surface area contributed by atoms with Crippen molar-refractivity contribution in [2.45, 2.75) is 44.4 Å². The van der Waals surface area contributed by atoms with Gasteiger partial charge >= 0.3 is 12.1 Å². The van der Waals surface area contributed by atoms with Gasteiger partial charge in [-0.3, -0.25) is 9.59 Å². The van der Waals surface area contributed by atoms with E-state index < -0.39 is 12.1 Å². The molecule has 0 spiro atoms. The molecule has 2 atom stereocenters. The van der Waals surface area contributed by atoms with Crippen LogP contribution in [0.5, 0.6) is 0 Å². The number of carbonyl (C=O) groups is 3. The summed E-state index contributed by atoms with van der Waals surface area (Å²) >= 11 is 0. The molecule has 7 heteroatoms. The van der Waals surface area contributed by atoms with Crippen molar-refractivity contribution in [1.82, 2.24) is 10.6 Å². The molecule has 2 aliphatic rings. The molecule has 7 nitrogen and oxygen atoms in total. The van der Waals surface area contributed by atoms with Crippen LogP contribution in [-0.4, -0.2) is 42.8 Å². The smallest absolute Gasteiger partial charge is 0.407 e. The Labute approximate surface area is 199 Å². The Morgan fingerprint density at radius 2 is 1.56 bits per heavy atom. The number of benzene rings is 2. The molecule has 0 aromatic heterocycles. The first kappa shape index (κ1) is 23.8. The second-order valence-electron chi connectivity index (χ2n) is 9.30. The Balaban J connectivity index is 1.17. The lowest BCUT2D eigenvalue weighted by Crippen LogP contribution is -2.30. The van der Waals surface area contributed by atoms with Gasteiger partial charge in [0.15, 0.2) is 0 Å². The number of amides is 2. The van der Waals surface area contributed by atoms with Crippen LogP contribution in [0.3, 0.4) is 0 Å². The summed E-state index contributed by atoms with van der Waals surface area (Å²) in [7, 11) is 0. The standard InChI is InChI=1S/C27H32N2O5/c30-25(28-13-5-10-26(31)32)15-18-11-12-19(14-18)16-29-27(33)34-17-24-22-8-3-1-6-20(22)21-7-2-4-9-23(21)24/h1-4,6-9,18-19,24H,5,10-17H2,(H,28,30)(H,29,33)(H,31,32). The van der Waals surface area contributed by atoms with Gasteiger partial charge in [-0.05, 0) is 59.8 Å². The Morgan fingerprint density at radius 1 is 0.912 bits per heavy atom. The molecule has 0 radical (unpaired) electrons. The number of ether oxygens (including phenoxy) is 1. The summed E-state index contributed by atoms with van der Waals surface area (Å²) in [6, 6.07) is 16.5. The molecule has 2 amide bonds. The van der Waals surface area contributed by atoms with E-state index >= 15 is 0 Å². The molecule has 2 aliphatic carbocycles. The fourth-order valence-electron chi connectivity index (χ4n) is 5.23. The van der Waals surface area contributed by atoms with Crippen molar-refractivity contribution in [3.05, 3.63) is 59.7 Å². The van der Waals surface area contributed by atoms with E-state index in [1.165, 1.54) is 22.3 Å². The SMILES string of the molecule is O=C(O)CCCNC(=O)CC1CCC(CNC(=O)OCC2c3ccccc3-c3ccccc32)C1. The van der Waals surface area contributed by atoms with E-state index in [0.29, 0.717) is 44.4 Å². The van der Waals surface area contributed by atoms with Crippen LogP contribution in [0, 0.1) is 11.8 Å². The van der Waals surface area contributed by atoms with Crippen LogP contribution >= 0.6 is 0 Å². The fourth-order valence-corrected chi connectivity index (χ4v) is 5.23. The lowest BCUT2D eigenvalue weighted by Gasteiger charge is -2.16. The second-order valence-corrected chi connectivity index (χ2v) is 9.30. The summed E-state index contributed by atoms with van der Waals surface area (Å²) in [6.45, 7) is 1.24. The maximum Gasteiger partial charge on any atom is 0.407 e. The monoisotopic (exact) mass is 464 g/mol. The van der Waals surface area contributed by atoms with Crippen molar-refractivity contribution in [3.63, 3.8) is 0 Å². The summed E-state index contributed by atoms with van der Waals surface area (Å²) in [5.41, 5.74) is 4.79. The van der Waals surface area contributed by atoms with E-state index in [4.69, 9.17) is 9.84 Å². The van der Waals surface area contributed by atoms with Crippen molar-refractivity contribution in [2.75, 3.05) is 19.7 Å². The number of alkyl carbamates (subject to hydrolysis) is 1. The van der Waals surface area contributed by atoms with Crippen LogP contribution in [0.15, 0.2) is 48.5 Å². The van der Waals surface area contributed by atoms with Crippen LogP contribution in [-0.2, 0) is 14.3 Å². The fraction of sp³-hybridized carbons (Fsp3) is 0.444. The van der Waals surface area contributed by atoms with Gasteiger partial charge in [-0.1, -0.05) is 48.5 Å². The highest BCUT2D eigenvalue weighted by atomic mass is 16.5. The third-order valence-corrected chi connectivity index (χ3v) is 6.89. The molecular weight excluding hydrogens is 432 g/mol. The van der Waals surface area contributed by atoms with E-state index in [-0.39, 0.29) is 18.2 Å². The number of aliphatic carboxylic acids is 1. The Bertz CT molecular complexity index is 992. The molecule has 0 aliphatic heterocycles. The van der Waals surface area contributed by atoms with Gasteiger partial charge in [-0.15, -0.1) is 0 Å². The van der Waals surface area contributed by atoms with Crippen molar-refractivity contribution in [3.8, 4) is 11.1 Å². The number of rotatable bonds is 10. The maximum absolute atomic E-state index is 12.4. The minimum absolute atomic E-state index is 0.0273. The van der Waals surface area contributed by atoms with Crippen molar-refractivity contribution >= 4 is 18.0 Å². The van der Waals surface area contributed by atoms with Crippen molar-refractivity contribution in [2.24, 2.45) is 11.8 Å². The van der Waals surface area contributed by atoms with Gasteiger partial charge in [0, 0.05) is 31.8 Å². The van der Waals surface area contributed by atoms with E-state index in [0.717, 1.165) is 19.3 Å². The third kappa shape index (κ3) is 5.95. The Kier molecular flexibility index (Phi) is 7.83. The molecule has 4 rings (SSSR count). The van der Waals surface area contributed by atoms with Crippen LogP contribution < -0.4 is 10.6 Å². The Hall–Kier alpha value is -3.35. The molecular formula is C27H32N2O5. The van der Waals surface area contributed by atoms with Gasteiger partial charge in [0.1, 0.15) is 6.61 Å². The van der Waals surface area contributed by atoms with Gasteiger partial charge in [-0.2, -0.15) is 0 Å². The van der Waals surface area contributed by atoms with Crippen LogP contribution in [0.1, 0.15) is 55.6 Å². The average molecular weight is 465 g/mol. The molecule has 3 N–H and O–H groups in total. The predicted octanol–water partition coefficient (Wildman–Crippen LogP) is 4.31. The predicted molar refractivity (Wildman–Crippen MR) is 128 cm³/mol. The van der Waals surface area contributed by atoms with Gasteiger partial charge in [0.2, 0.25) is 5.91 Å².